The first-order valence-electron chi connectivity index (χ1n) is 7.28. The summed E-state index contributed by atoms with van der Waals surface area (Å²) in [5.41, 5.74) is 2.06. The van der Waals surface area contributed by atoms with Gasteiger partial charge in [-0.2, -0.15) is 0 Å². The minimum atomic E-state index is 0.0193. The third kappa shape index (κ3) is 2.09. The maximum absolute atomic E-state index is 13.1. The summed E-state index contributed by atoms with van der Waals surface area (Å²) in [5, 5.41) is 4.16. The van der Waals surface area contributed by atoms with Gasteiger partial charge >= 0.3 is 0 Å². The first-order chi connectivity index (χ1) is 10.3. The Morgan fingerprint density at radius 2 is 2.19 bits per heavy atom. The fraction of sp³-hybridized carbons (Fsp3) is 0.222. The van der Waals surface area contributed by atoms with E-state index in [1.54, 1.807) is 23.7 Å². The molecule has 104 valence electrons. The summed E-state index contributed by atoms with van der Waals surface area (Å²) in [6.45, 7) is 0. The number of fused-ring (bicyclic) bond motifs is 2. The van der Waals surface area contributed by atoms with Crippen LogP contribution in [0.5, 0.6) is 0 Å². The second kappa shape index (κ2) is 5.08. The van der Waals surface area contributed by atoms with E-state index in [0.717, 1.165) is 35.6 Å². The van der Waals surface area contributed by atoms with E-state index in [4.69, 9.17) is 0 Å². The molecular formula is C18H15NOS. The van der Waals surface area contributed by atoms with Crippen LogP contribution in [0.15, 0.2) is 48.1 Å². The number of Topliss-reactive ketones (excluding diaryl/α,β-unsaturated/α-hetero) is 1. The zero-order chi connectivity index (χ0) is 14.2. The molecule has 0 radical (unpaired) electrons. The van der Waals surface area contributed by atoms with Gasteiger partial charge in [-0.15, -0.1) is 11.3 Å². The van der Waals surface area contributed by atoms with Crippen LogP contribution in [0.25, 0.3) is 10.8 Å². The Hall–Kier alpha value is -2.00. The fourth-order valence-electron chi connectivity index (χ4n) is 3.27. The molecule has 0 spiro atoms. The van der Waals surface area contributed by atoms with Gasteiger partial charge in [0.1, 0.15) is 0 Å². The number of carbonyl (C=O) groups excluding carboxylic acids is 1. The molecule has 0 aliphatic heterocycles. The molecule has 0 fully saturated rings. The van der Waals surface area contributed by atoms with E-state index in [2.05, 4.69) is 16.4 Å². The molecule has 4 rings (SSSR count). The Kier molecular flexibility index (Phi) is 3.08. The summed E-state index contributed by atoms with van der Waals surface area (Å²) < 4.78 is 0. The fourth-order valence-corrected chi connectivity index (χ4v) is 4.26. The Bertz CT molecular complexity index is 815. The monoisotopic (exact) mass is 293 g/mol. The highest BCUT2D eigenvalue weighted by atomic mass is 32.1. The number of hydrogen-bond donors (Lipinski definition) is 0. The quantitative estimate of drug-likeness (QED) is 0.646. The molecule has 3 aromatic rings. The summed E-state index contributed by atoms with van der Waals surface area (Å²) in [5.74, 6) is 0.263. The second-order valence-electron chi connectivity index (χ2n) is 5.51. The molecule has 1 aliphatic rings. The van der Waals surface area contributed by atoms with Crippen LogP contribution in [0.4, 0.5) is 0 Å². The predicted octanol–water partition coefficient (Wildman–Crippen LogP) is 4.60. The van der Waals surface area contributed by atoms with Crippen LogP contribution in [0.3, 0.4) is 0 Å². The minimum Gasteiger partial charge on any atom is -0.293 e. The molecule has 0 amide bonds. The molecule has 1 aromatic carbocycles. The maximum Gasteiger partial charge on any atom is 0.171 e. The van der Waals surface area contributed by atoms with Gasteiger partial charge in [0.2, 0.25) is 0 Å². The molecule has 2 nitrogen and oxygen atoms in total. The van der Waals surface area contributed by atoms with Gasteiger partial charge in [0.15, 0.2) is 5.78 Å². The van der Waals surface area contributed by atoms with Crippen molar-refractivity contribution in [1.29, 1.82) is 0 Å². The highest BCUT2D eigenvalue weighted by Gasteiger charge is 2.28. The molecule has 0 saturated carbocycles. The van der Waals surface area contributed by atoms with E-state index in [9.17, 15) is 4.79 Å². The normalized spacial score (nSPS) is 17.6. The minimum absolute atomic E-state index is 0.0193. The van der Waals surface area contributed by atoms with Crippen molar-refractivity contribution in [2.75, 3.05) is 0 Å². The van der Waals surface area contributed by atoms with Gasteiger partial charge in [0, 0.05) is 34.1 Å². The Morgan fingerprint density at radius 1 is 1.24 bits per heavy atom. The summed E-state index contributed by atoms with van der Waals surface area (Å²) in [7, 11) is 0. The average molecular weight is 293 g/mol. The van der Waals surface area contributed by atoms with Crippen molar-refractivity contribution >= 4 is 27.9 Å². The highest BCUT2D eigenvalue weighted by molar-refractivity contribution is 7.10. The summed E-state index contributed by atoms with van der Waals surface area (Å²) in [4.78, 5) is 18.6. The van der Waals surface area contributed by atoms with Crippen molar-refractivity contribution in [2.45, 2.75) is 25.2 Å². The van der Waals surface area contributed by atoms with Crippen molar-refractivity contribution in [2.24, 2.45) is 0 Å². The van der Waals surface area contributed by atoms with Gasteiger partial charge in [-0.25, -0.2) is 0 Å². The van der Waals surface area contributed by atoms with Crippen molar-refractivity contribution in [3.8, 4) is 0 Å². The van der Waals surface area contributed by atoms with E-state index in [-0.39, 0.29) is 11.7 Å². The summed E-state index contributed by atoms with van der Waals surface area (Å²) >= 11 is 1.78. The molecule has 0 N–H and O–H groups in total. The van der Waals surface area contributed by atoms with E-state index >= 15 is 0 Å². The molecule has 2 heterocycles. The summed E-state index contributed by atoms with van der Waals surface area (Å²) in [6, 6.07) is 10.0. The van der Waals surface area contributed by atoms with Gasteiger partial charge in [-0.3, -0.25) is 9.78 Å². The van der Waals surface area contributed by atoms with Gasteiger partial charge in [-0.05, 0) is 47.7 Å². The molecule has 0 bridgehead atoms. The highest BCUT2D eigenvalue weighted by Crippen LogP contribution is 2.37. The molecule has 21 heavy (non-hydrogen) atoms. The van der Waals surface area contributed by atoms with Crippen molar-refractivity contribution in [1.82, 2.24) is 4.98 Å². The average Bonchev–Trinajstić information content (AvgIpc) is 3.02. The predicted molar refractivity (Wildman–Crippen MR) is 86.1 cm³/mol. The zero-order valence-electron chi connectivity index (χ0n) is 11.6. The standard InChI is InChI=1S/C18H15NOS/c20-18(14-5-2-6-17-13(14)8-10-21-17)15-4-1-3-12-7-9-19-11-16(12)15/h1,3-4,7-11,14H,2,5-6H2. The lowest BCUT2D eigenvalue weighted by molar-refractivity contribution is 0.0953. The topological polar surface area (TPSA) is 30.0 Å². The first-order valence-corrected chi connectivity index (χ1v) is 8.16. The number of hydrogen-bond acceptors (Lipinski definition) is 3. The molecule has 0 saturated heterocycles. The van der Waals surface area contributed by atoms with E-state index in [1.807, 2.05) is 24.3 Å². The number of ketones is 1. The largest absolute Gasteiger partial charge is 0.293 e. The van der Waals surface area contributed by atoms with E-state index in [0.29, 0.717) is 0 Å². The number of carbonyl (C=O) groups is 1. The third-order valence-corrected chi connectivity index (χ3v) is 5.31. The van der Waals surface area contributed by atoms with Crippen LogP contribution in [0.2, 0.25) is 0 Å². The lowest BCUT2D eigenvalue weighted by Crippen LogP contribution is -2.17. The van der Waals surface area contributed by atoms with Gasteiger partial charge < -0.3 is 0 Å². The van der Waals surface area contributed by atoms with Crippen LogP contribution in [-0.2, 0) is 6.42 Å². The number of nitrogens with zero attached hydrogens (tertiary/aromatic N) is 1. The molecule has 1 unspecified atom stereocenters. The number of benzene rings is 1. The van der Waals surface area contributed by atoms with Crippen LogP contribution in [0, 0.1) is 0 Å². The van der Waals surface area contributed by atoms with Gasteiger partial charge in [-0.1, -0.05) is 18.2 Å². The molecular weight excluding hydrogens is 278 g/mol. The van der Waals surface area contributed by atoms with Crippen LogP contribution >= 0.6 is 11.3 Å². The number of thiophene rings is 1. The Morgan fingerprint density at radius 3 is 3.14 bits per heavy atom. The number of pyridine rings is 1. The summed E-state index contributed by atoms with van der Waals surface area (Å²) in [6.07, 6.45) is 6.76. The van der Waals surface area contributed by atoms with Crippen LogP contribution in [-0.4, -0.2) is 10.8 Å². The van der Waals surface area contributed by atoms with Crippen molar-refractivity contribution < 1.29 is 4.79 Å². The number of aryl methyl sites for hydroxylation is 1. The number of rotatable bonds is 2. The van der Waals surface area contributed by atoms with Crippen molar-refractivity contribution in [3.05, 3.63) is 64.1 Å². The molecule has 2 aromatic heterocycles. The van der Waals surface area contributed by atoms with E-state index in [1.165, 1.54) is 10.4 Å². The lowest BCUT2D eigenvalue weighted by Gasteiger charge is -2.22. The van der Waals surface area contributed by atoms with Gasteiger partial charge in [0.05, 0.1) is 0 Å². The first kappa shape index (κ1) is 12.7. The molecule has 1 atom stereocenters. The van der Waals surface area contributed by atoms with Crippen LogP contribution in [0.1, 0.15) is 39.6 Å². The third-order valence-electron chi connectivity index (χ3n) is 4.32. The van der Waals surface area contributed by atoms with Crippen molar-refractivity contribution in [3.63, 3.8) is 0 Å². The smallest absolute Gasteiger partial charge is 0.171 e. The Balaban J connectivity index is 1.82. The van der Waals surface area contributed by atoms with Crippen LogP contribution < -0.4 is 0 Å². The zero-order valence-corrected chi connectivity index (χ0v) is 12.4. The maximum atomic E-state index is 13.1. The SMILES string of the molecule is O=C(c1cccc2ccncc12)C1CCCc2sccc21. The number of aromatic nitrogens is 1. The second-order valence-corrected chi connectivity index (χ2v) is 6.51. The molecule has 1 aliphatic carbocycles. The molecule has 3 heteroatoms. The van der Waals surface area contributed by atoms with E-state index < -0.39 is 0 Å². The Labute approximate surface area is 127 Å². The van der Waals surface area contributed by atoms with Gasteiger partial charge in [0.25, 0.3) is 0 Å². The lowest BCUT2D eigenvalue weighted by atomic mass is 9.82.